The number of nitrogens with zero attached hydrogens (tertiary/aromatic N) is 3. The van der Waals surface area contributed by atoms with Crippen LogP contribution in [0.4, 0.5) is 24.5 Å². The van der Waals surface area contributed by atoms with Gasteiger partial charge in [0.25, 0.3) is 0 Å². The Kier molecular flexibility index (Phi) is 6.32. The van der Waals surface area contributed by atoms with Crippen molar-refractivity contribution in [1.82, 2.24) is 4.90 Å². The topological polar surface area (TPSA) is 78.0 Å². The van der Waals surface area contributed by atoms with Gasteiger partial charge in [0.15, 0.2) is 0 Å². The molecule has 0 spiro atoms. The summed E-state index contributed by atoms with van der Waals surface area (Å²) in [6, 6.07) is 3.09. The molecule has 170 valence electrons. The summed E-state index contributed by atoms with van der Waals surface area (Å²) in [6.45, 7) is 3.10. The first-order valence-electron chi connectivity index (χ1n) is 9.68. The average molecular weight is 470 g/mol. The van der Waals surface area contributed by atoms with Crippen LogP contribution >= 0.6 is 0 Å². The van der Waals surface area contributed by atoms with Crippen molar-refractivity contribution >= 4 is 31.4 Å². The molecule has 2 saturated heterocycles. The molecule has 0 aliphatic carbocycles. The molecule has 0 saturated carbocycles. The van der Waals surface area contributed by atoms with E-state index in [9.17, 15) is 30.0 Å². The Morgan fingerprint density at radius 1 is 0.900 bits per heavy atom. The monoisotopic (exact) mass is 469 g/mol. The Balaban J connectivity index is 1.96. The zero-order valence-corrected chi connectivity index (χ0v) is 18.5. The van der Waals surface area contributed by atoms with E-state index in [-0.39, 0.29) is 9.40 Å². The Bertz CT molecular complexity index is 950. The second-order valence-corrected chi connectivity index (χ2v) is 11.8. The Labute approximate surface area is 175 Å². The predicted molar refractivity (Wildman–Crippen MR) is 110 cm³/mol. The summed E-state index contributed by atoms with van der Waals surface area (Å²) in [6.07, 6.45) is 0.430. The average Bonchev–Trinajstić information content (AvgIpc) is 3.13. The molecule has 0 unspecified atom stereocenters. The van der Waals surface area contributed by atoms with Gasteiger partial charge in [-0.25, -0.2) is 16.8 Å². The second-order valence-electron chi connectivity index (χ2n) is 7.92. The van der Waals surface area contributed by atoms with Crippen LogP contribution in [-0.4, -0.2) is 66.5 Å². The van der Waals surface area contributed by atoms with E-state index in [1.165, 1.54) is 6.07 Å². The summed E-state index contributed by atoms with van der Waals surface area (Å²) in [7, 11) is -8.70. The first-order chi connectivity index (χ1) is 13.8. The molecule has 30 heavy (non-hydrogen) atoms. The van der Waals surface area contributed by atoms with Crippen molar-refractivity contribution in [3.05, 3.63) is 23.8 Å². The van der Waals surface area contributed by atoms with E-state index in [0.29, 0.717) is 37.7 Å². The molecule has 0 radical (unpaired) electrons. The molecule has 2 aliphatic heterocycles. The molecule has 1 aromatic carbocycles. The summed E-state index contributed by atoms with van der Waals surface area (Å²) >= 11 is 0. The maximum Gasteiger partial charge on any atom is 0.416 e. The number of hydrogen-bond donors (Lipinski definition) is 0. The lowest BCUT2D eigenvalue weighted by atomic mass is 10.0. The number of likely N-dealkylation sites (tertiary alicyclic amines) is 1. The molecular weight excluding hydrogens is 443 g/mol. The quantitative estimate of drug-likeness (QED) is 0.660. The molecule has 12 heteroatoms. The molecular formula is C18H26F3N3O4S2. The van der Waals surface area contributed by atoms with Gasteiger partial charge in [-0.05, 0) is 57.0 Å². The van der Waals surface area contributed by atoms with Crippen LogP contribution in [0.25, 0.3) is 0 Å². The van der Waals surface area contributed by atoms with Crippen molar-refractivity contribution in [2.45, 2.75) is 37.9 Å². The van der Waals surface area contributed by atoms with Crippen molar-refractivity contribution in [1.29, 1.82) is 0 Å². The number of piperidine rings is 1. The van der Waals surface area contributed by atoms with Crippen LogP contribution in [0.15, 0.2) is 18.2 Å². The van der Waals surface area contributed by atoms with Crippen LogP contribution in [0.2, 0.25) is 0 Å². The van der Waals surface area contributed by atoms with E-state index >= 15 is 0 Å². The van der Waals surface area contributed by atoms with E-state index in [0.717, 1.165) is 44.8 Å². The fourth-order valence-corrected chi connectivity index (χ4v) is 7.22. The highest BCUT2D eigenvalue weighted by molar-refractivity contribution is 8.09. The van der Waals surface area contributed by atoms with Gasteiger partial charge in [0, 0.05) is 24.8 Å². The highest BCUT2D eigenvalue weighted by atomic mass is 32.3. The lowest BCUT2D eigenvalue weighted by molar-refractivity contribution is -0.137. The number of alkyl halides is 3. The highest BCUT2D eigenvalue weighted by Gasteiger charge is 2.36. The van der Waals surface area contributed by atoms with Gasteiger partial charge in [-0.2, -0.15) is 16.9 Å². The minimum atomic E-state index is -4.75. The lowest BCUT2D eigenvalue weighted by Gasteiger charge is -2.38. The van der Waals surface area contributed by atoms with E-state index in [4.69, 9.17) is 0 Å². The van der Waals surface area contributed by atoms with Crippen LogP contribution < -0.4 is 8.61 Å². The molecule has 0 aromatic heterocycles. The third kappa shape index (κ3) is 5.20. The molecule has 2 fully saturated rings. The Morgan fingerprint density at radius 3 is 1.90 bits per heavy atom. The molecule has 0 amide bonds. The molecule has 0 atom stereocenters. The van der Waals surface area contributed by atoms with Crippen LogP contribution in [0.3, 0.4) is 0 Å². The maximum absolute atomic E-state index is 13.5. The fraction of sp³-hybridized carbons (Fsp3) is 0.667. The Morgan fingerprint density at radius 2 is 1.43 bits per heavy atom. The summed E-state index contributed by atoms with van der Waals surface area (Å²) in [4.78, 5) is 4.16. The van der Waals surface area contributed by atoms with Crippen LogP contribution in [0.5, 0.6) is 0 Å². The zero-order chi connectivity index (χ0) is 22.3. The van der Waals surface area contributed by atoms with Gasteiger partial charge in [-0.3, -0.25) is 0 Å². The standard InChI is InChI=1S/C18H26F3N3O4S2/c1-29(25,26)24(30(2,27)28)17-12-14(18(19,20)21)11-16(13-17)23-9-5-15(6-10-23)22-7-3-4-8-22/h11-13,15H,3-10H2,1-2H3. The maximum atomic E-state index is 13.5. The van der Waals surface area contributed by atoms with Crippen LogP contribution in [0, 0.1) is 0 Å². The molecule has 3 rings (SSSR count). The molecule has 2 heterocycles. The van der Waals surface area contributed by atoms with Crippen molar-refractivity contribution in [2.24, 2.45) is 0 Å². The van der Waals surface area contributed by atoms with Gasteiger partial charge in [-0.1, -0.05) is 0 Å². The number of sulfonamides is 2. The van der Waals surface area contributed by atoms with Crippen LogP contribution in [0.1, 0.15) is 31.2 Å². The molecule has 0 N–H and O–H groups in total. The minimum absolute atomic E-state index is 0.0513. The summed E-state index contributed by atoms with van der Waals surface area (Å²) in [5.41, 5.74) is -1.46. The SMILES string of the molecule is CS(=O)(=O)N(c1cc(N2CCC(N3CCCC3)CC2)cc(C(F)(F)F)c1)S(C)(=O)=O. The van der Waals surface area contributed by atoms with Gasteiger partial charge < -0.3 is 9.80 Å². The van der Waals surface area contributed by atoms with E-state index < -0.39 is 37.5 Å². The summed E-state index contributed by atoms with van der Waals surface area (Å²) < 4.78 is 88.8. The van der Waals surface area contributed by atoms with E-state index in [1.54, 1.807) is 4.90 Å². The van der Waals surface area contributed by atoms with Gasteiger partial charge in [-0.15, -0.1) is 0 Å². The number of rotatable bonds is 5. The van der Waals surface area contributed by atoms with Gasteiger partial charge >= 0.3 is 6.18 Å². The zero-order valence-electron chi connectivity index (χ0n) is 16.9. The number of benzene rings is 1. The number of halogens is 3. The normalized spacial score (nSPS) is 20.0. The van der Waals surface area contributed by atoms with Crippen molar-refractivity contribution in [2.75, 3.05) is 47.3 Å². The van der Waals surface area contributed by atoms with E-state index in [2.05, 4.69) is 4.90 Å². The van der Waals surface area contributed by atoms with Gasteiger partial charge in [0.1, 0.15) is 0 Å². The van der Waals surface area contributed by atoms with Crippen molar-refractivity contribution < 1.29 is 30.0 Å². The largest absolute Gasteiger partial charge is 0.416 e. The van der Waals surface area contributed by atoms with Gasteiger partial charge in [0.2, 0.25) is 20.0 Å². The fourth-order valence-electron chi connectivity index (χ4n) is 4.27. The van der Waals surface area contributed by atoms with Crippen molar-refractivity contribution in [3.63, 3.8) is 0 Å². The molecule has 7 nitrogen and oxygen atoms in total. The third-order valence-corrected chi connectivity index (χ3v) is 8.78. The first kappa shape index (κ1) is 23.1. The first-order valence-corrected chi connectivity index (χ1v) is 13.4. The second kappa shape index (κ2) is 8.19. The van der Waals surface area contributed by atoms with Crippen molar-refractivity contribution in [3.8, 4) is 0 Å². The predicted octanol–water partition coefficient (Wildman–Crippen LogP) is 2.50. The third-order valence-electron chi connectivity index (χ3n) is 5.53. The van der Waals surface area contributed by atoms with Gasteiger partial charge in [0.05, 0.1) is 23.8 Å². The Hall–Kier alpha value is -1.53. The number of anilines is 2. The molecule has 1 aromatic rings. The smallest absolute Gasteiger partial charge is 0.371 e. The highest BCUT2D eigenvalue weighted by Crippen LogP contribution is 2.37. The van der Waals surface area contributed by atoms with E-state index in [1.807, 2.05) is 0 Å². The lowest BCUT2D eigenvalue weighted by Crippen LogP contribution is -2.44. The summed E-state index contributed by atoms with van der Waals surface area (Å²) in [5.74, 6) is 0. The molecule has 0 bridgehead atoms. The number of hydrogen-bond acceptors (Lipinski definition) is 6. The molecule has 2 aliphatic rings. The summed E-state index contributed by atoms with van der Waals surface area (Å²) in [5, 5.41) is 0. The van der Waals surface area contributed by atoms with Crippen LogP contribution in [-0.2, 0) is 26.2 Å². The minimum Gasteiger partial charge on any atom is -0.371 e.